The standard InChI is InChI=1S/C29H23N2.ClHO4/c1-4-11-23(12-5-1)22-31-28(25-15-8-3-9-16-25)19-27(24-13-6-2-7-14-24)20-29(31)26-17-10-18-30-21-26;2-1(3,4)5/h1-21H,22H2;(H,2,3,4,5)/q+1;/p-1. The van der Waals surface area contributed by atoms with Crippen LogP contribution in [0.3, 0.4) is 0 Å². The molecule has 2 heterocycles. The predicted molar refractivity (Wildman–Crippen MR) is 126 cm³/mol. The fraction of sp³-hybridized carbons (Fsp3) is 0.0345. The van der Waals surface area contributed by atoms with Gasteiger partial charge in [0.05, 0.1) is 5.56 Å². The molecule has 5 rings (SSSR count). The van der Waals surface area contributed by atoms with E-state index in [0.29, 0.717) is 0 Å². The van der Waals surface area contributed by atoms with Gasteiger partial charge in [0.25, 0.3) is 0 Å². The maximum atomic E-state index is 8.49. The number of benzene rings is 3. The highest BCUT2D eigenvalue weighted by atomic mass is 35.7. The van der Waals surface area contributed by atoms with Gasteiger partial charge in [-0.05, 0) is 35.4 Å². The largest absolute Gasteiger partial charge is 0.264 e. The van der Waals surface area contributed by atoms with Crippen LogP contribution in [-0.2, 0) is 6.54 Å². The third kappa shape index (κ3) is 7.05. The Kier molecular flexibility index (Phi) is 8.17. The van der Waals surface area contributed by atoms with E-state index >= 15 is 0 Å². The van der Waals surface area contributed by atoms with E-state index in [-0.39, 0.29) is 0 Å². The minimum absolute atomic E-state index is 0.782. The van der Waals surface area contributed by atoms with Crippen molar-refractivity contribution in [2.75, 3.05) is 0 Å². The number of hydrogen-bond donors (Lipinski definition) is 0. The second-order valence-electron chi connectivity index (χ2n) is 7.94. The minimum atomic E-state index is -4.94. The molecule has 6 nitrogen and oxygen atoms in total. The Labute approximate surface area is 211 Å². The highest BCUT2D eigenvalue weighted by molar-refractivity contribution is 5.73. The molecule has 0 unspecified atom stereocenters. The zero-order valence-corrected chi connectivity index (χ0v) is 20.0. The molecule has 0 bridgehead atoms. The molecule has 0 saturated carbocycles. The second-order valence-corrected chi connectivity index (χ2v) is 8.69. The molecule has 0 aliphatic heterocycles. The minimum Gasteiger partial charge on any atom is -0.264 e. The number of rotatable bonds is 5. The van der Waals surface area contributed by atoms with Gasteiger partial charge in [-0.1, -0.05) is 78.9 Å². The maximum Gasteiger partial charge on any atom is 0.215 e. The SMILES string of the molecule is [O-][Cl+3]([O-])([O-])[O-].c1ccc(C[n+]2c(-c3ccccc3)cc(-c3ccccc3)cc2-c2cccnc2)cc1. The van der Waals surface area contributed by atoms with E-state index in [1.165, 1.54) is 27.9 Å². The summed E-state index contributed by atoms with van der Waals surface area (Å²) in [6, 6.07) is 40.5. The van der Waals surface area contributed by atoms with Crippen LogP contribution in [0.5, 0.6) is 0 Å². The van der Waals surface area contributed by atoms with Crippen LogP contribution in [-0.4, -0.2) is 4.98 Å². The molecule has 0 N–H and O–H groups in total. The molecule has 36 heavy (non-hydrogen) atoms. The Hall–Kier alpha value is -3.91. The summed E-state index contributed by atoms with van der Waals surface area (Å²) in [5, 5.41) is 0. The summed E-state index contributed by atoms with van der Waals surface area (Å²) in [5.74, 6) is 0. The topological polar surface area (TPSA) is 109 Å². The van der Waals surface area contributed by atoms with Gasteiger partial charge in [-0.2, -0.15) is 4.57 Å². The van der Waals surface area contributed by atoms with Crippen LogP contribution < -0.4 is 23.2 Å². The van der Waals surface area contributed by atoms with Gasteiger partial charge in [0.1, 0.15) is 0 Å². The highest BCUT2D eigenvalue weighted by Crippen LogP contribution is 2.29. The summed E-state index contributed by atoms with van der Waals surface area (Å²) in [6.45, 7) is 0.782. The average molecular weight is 499 g/mol. The predicted octanol–water partition coefficient (Wildman–Crippen LogP) is 1.66. The lowest BCUT2D eigenvalue weighted by Crippen LogP contribution is -2.68. The van der Waals surface area contributed by atoms with E-state index in [1.54, 1.807) is 0 Å². The molecule has 7 heteroatoms. The lowest BCUT2D eigenvalue weighted by Gasteiger charge is -2.17. The molecule has 0 spiro atoms. The molecule has 0 aliphatic rings. The average Bonchev–Trinajstić information content (AvgIpc) is 2.90. The first kappa shape index (κ1) is 25.2. The number of nitrogens with zero attached hydrogens (tertiary/aromatic N) is 2. The molecule has 0 amide bonds. The number of aromatic nitrogens is 2. The van der Waals surface area contributed by atoms with Crippen molar-refractivity contribution in [1.82, 2.24) is 4.98 Å². The molecule has 180 valence electrons. The third-order valence-corrected chi connectivity index (χ3v) is 5.48. The molecule has 0 aliphatic carbocycles. The van der Waals surface area contributed by atoms with Crippen molar-refractivity contribution in [3.05, 3.63) is 133 Å². The van der Waals surface area contributed by atoms with E-state index in [2.05, 4.69) is 119 Å². The zero-order valence-electron chi connectivity index (χ0n) is 19.2. The molecule has 0 saturated heterocycles. The summed E-state index contributed by atoms with van der Waals surface area (Å²) >= 11 is 0. The van der Waals surface area contributed by atoms with Crippen LogP contribution in [0.15, 0.2) is 128 Å². The van der Waals surface area contributed by atoms with Crippen molar-refractivity contribution >= 4 is 0 Å². The van der Waals surface area contributed by atoms with Crippen LogP contribution in [0.2, 0.25) is 0 Å². The van der Waals surface area contributed by atoms with Gasteiger partial charge < -0.3 is 0 Å². The van der Waals surface area contributed by atoms with Crippen molar-refractivity contribution in [1.29, 1.82) is 0 Å². The lowest BCUT2D eigenvalue weighted by atomic mass is 9.99. The third-order valence-electron chi connectivity index (χ3n) is 5.48. The molecule has 3 aromatic carbocycles. The number of pyridine rings is 2. The first-order valence-electron chi connectivity index (χ1n) is 11.1. The smallest absolute Gasteiger partial charge is 0.215 e. The molecule has 0 fully saturated rings. The number of hydrogen-bond acceptors (Lipinski definition) is 5. The van der Waals surface area contributed by atoms with E-state index in [4.69, 9.17) is 18.6 Å². The van der Waals surface area contributed by atoms with Gasteiger partial charge >= 0.3 is 0 Å². The van der Waals surface area contributed by atoms with Gasteiger partial charge in [0.2, 0.25) is 11.4 Å². The van der Waals surface area contributed by atoms with Crippen LogP contribution in [0.1, 0.15) is 5.56 Å². The summed E-state index contributed by atoms with van der Waals surface area (Å²) in [6.07, 6.45) is 3.77. The molecule has 0 radical (unpaired) electrons. The van der Waals surface area contributed by atoms with E-state index in [0.717, 1.165) is 17.8 Å². The monoisotopic (exact) mass is 498 g/mol. The summed E-state index contributed by atoms with van der Waals surface area (Å²) < 4.78 is 36.4. The van der Waals surface area contributed by atoms with Crippen molar-refractivity contribution in [2.45, 2.75) is 6.54 Å². The highest BCUT2D eigenvalue weighted by Gasteiger charge is 2.23. The maximum absolute atomic E-state index is 8.49. The second kappa shape index (κ2) is 11.7. The van der Waals surface area contributed by atoms with Gasteiger partial charge in [0.15, 0.2) is 6.54 Å². The Morgan fingerprint density at radius 3 is 1.56 bits per heavy atom. The number of halogens is 1. The van der Waals surface area contributed by atoms with Crippen LogP contribution in [0, 0.1) is 10.2 Å². The summed E-state index contributed by atoms with van der Waals surface area (Å²) in [5.41, 5.74) is 8.30. The van der Waals surface area contributed by atoms with Crippen molar-refractivity contribution in [2.24, 2.45) is 0 Å². The first-order chi connectivity index (χ1) is 17.4. The zero-order chi connectivity index (χ0) is 25.4. The summed E-state index contributed by atoms with van der Waals surface area (Å²) in [4.78, 5) is 4.40. The van der Waals surface area contributed by atoms with E-state index < -0.39 is 10.2 Å². The Morgan fingerprint density at radius 2 is 1.03 bits per heavy atom. The van der Waals surface area contributed by atoms with Gasteiger partial charge in [-0.25, -0.2) is 18.6 Å². The fourth-order valence-corrected chi connectivity index (χ4v) is 3.96. The Bertz CT molecular complexity index is 1310. The molecule has 2 aromatic heterocycles. The fourth-order valence-electron chi connectivity index (χ4n) is 3.96. The van der Waals surface area contributed by atoms with Crippen molar-refractivity contribution in [3.63, 3.8) is 0 Å². The van der Waals surface area contributed by atoms with Gasteiger partial charge in [-0.15, -0.1) is 10.2 Å². The Balaban J connectivity index is 0.000000556. The molecule has 5 aromatic rings. The van der Waals surface area contributed by atoms with Gasteiger partial charge in [-0.3, -0.25) is 4.98 Å². The quantitative estimate of drug-likeness (QED) is 0.342. The molecule has 0 atom stereocenters. The van der Waals surface area contributed by atoms with Crippen molar-refractivity contribution < 1.29 is 33.4 Å². The first-order valence-corrected chi connectivity index (χ1v) is 12.4. The van der Waals surface area contributed by atoms with E-state index in [1.807, 2.05) is 18.5 Å². The van der Waals surface area contributed by atoms with Gasteiger partial charge in [0, 0.05) is 35.7 Å². The normalized spacial score (nSPS) is 10.9. The van der Waals surface area contributed by atoms with E-state index in [9.17, 15) is 0 Å². The summed E-state index contributed by atoms with van der Waals surface area (Å²) in [7, 11) is -4.94. The molecular weight excluding hydrogens is 476 g/mol. The molecular formula is C29H23ClN2O4. The lowest BCUT2D eigenvalue weighted by molar-refractivity contribution is -2.00. The van der Waals surface area contributed by atoms with Crippen LogP contribution in [0.25, 0.3) is 33.6 Å². The van der Waals surface area contributed by atoms with Crippen LogP contribution in [0.4, 0.5) is 0 Å². The van der Waals surface area contributed by atoms with Crippen molar-refractivity contribution in [3.8, 4) is 33.6 Å². The Morgan fingerprint density at radius 1 is 0.556 bits per heavy atom. The van der Waals surface area contributed by atoms with Crippen LogP contribution >= 0.6 is 0 Å².